The first-order valence-electron chi connectivity index (χ1n) is 8.97. The topological polar surface area (TPSA) is 78.9 Å². The fourth-order valence-corrected chi connectivity index (χ4v) is 4.02. The fraction of sp³-hybridized carbons (Fsp3) is 0.611. The Balaban J connectivity index is 1.65. The lowest BCUT2D eigenvalue weighted by Gasteiger charge is -2.35. The standard InChI is InChI=1S/C18H25N5O/c19-15-6-8-16(9-7-15)23-21-17(20-22-23)18(10-12-24-13-11-18)14-4-2-1-3-5-14/h1-5,15-16H,6-13,19H2. The predicted octanol–water partition coefficient (Wildman–Crippen LogP) is 2.21. The van der Waals surface area contributed by atoms with E-state index in [1.54, 1.807) is 0 Å². The summed E-state index contributed by atoms with van der Waals surface area (Å²) in [6.07, 6.45) is 5.96. The third-order valence-electron chi connectivity index (χ3n) is 5.60. The molecule has 1 saturated heterocycles. The molecule has 128 valence electrons. The van der Waals surface area contributed by atoms with E-state index >= 15 is 0 Å². The molecular weight excluding hydrogens is 302 g/mol. The SMILES string of the molecule is NC1CCC(n2nnc(C3(c4ccccc4)CCOCC3)n2)CC1. The average molecular weight is 327 g/mol. The second-order valence-corrected chi connectivity index (χ2v) is 7.06. The van der Waals surface area contributed by atoms with Crippen molar-refractivity contribution in [3.8, 4) is 0 Å². The van der Waals surface area contributed by atoms with E-state index in [0.717, 1.165) is 57.6 Å². The Morgan fingerprint density at radius 2 is 1.75 bits per heavy atom. The molecule has 1 aliphatic heterocycles. The van der Waals surface area contributed by atoms with Crippen molar-refractivity contribution in [2.24, 2.45) is 5.73 Å². The van der Waals surface area contributed by atoms with Gasteiger partial charge >= 0.3 is 0 Å². The summed E-state index contributed by atoms with van der Waals surface area (Å²) in [6, 6.07) is 11.2. The minimum Gasteiger partial charge on any atom is -0.381 e. The molecule has 1 aromatic carbocycles. The molecule has 0 atom stereocenters. The van der Waals surface area contributed by atoms with Gasteiger partial charge in [0, 0.05) is 19.3 Å². The molecule has 2 aliphatic rings. The third kappa shape index (κ3) is 2.84. The van der Waals surface area contributed by atoms with Crippen molar-refractivity contribution in [3.63, 3.8) is 0 Å². The Bertz CT molecular complexity index is 657. The molecule has 2 heterocycles. The van der Waals surface area contributed by atoms with Crippen LogP contribution in [0.4, 0.5) is 0 Å². The molecule has 1 saturated carbocycles. The minimum atomic E-state index is -0.178. The highest BCUT2D eigenvalue weighted by Crippen LogP contribution is 2.39. The number of tetrazole rings is 1. The number of hydrogen-bond donors (Lipinski definition) is 1. The maximum absolute atomic E-state index is 6.01. The van der Waals surface area contributed by atoms with Crippen LogP contribution in [0.3, 0.4) is 0 Å². The van der Waals surface area contributed by atoms with E-state index in [9.17, 15) is 0 Å². The molecule has 24 heavy (non-hydrogen) atoms. The molecule has 6 nitrogen and oxygen atoms in total. The van der Waals surface area contributed by atoms with Crippen LogP contribution in [-0.2, 0) is 10.2 Å². The molecule has 6 heteroatoms. The van der Waals surface area contributed by atoms with Gasteiger partial charge in [-0.05, 0) is 49.3 Å². The summed E-state index contributed by atoms with van der Waals surface area (Å²) in [7, 11) is 0. The van der Waals surface area contributed by atoms with E-state index in [0.29, 0.717) is 12.1 Å². The van der Waals surface area contributed by atoms with Crippen molar-refractivity contribution in [2.45, 2.75) is 56.0 Å². The van der Waals surface area contributed by atoms with E-state index in [1.165, 1.54) is 5.56 Å². The zero-order valence-electron chi connectivity index (χ0n) is 14.0. The molecular formula is C18H25N5O. The maximum atomic E-state index is 6.01. The highest BCUT2D eigenvalue weighted by Gasteiger charge is 2.40. The normalized spacial score (nSPS) is 27.0. The van der Waals surface area contributed by atoms with E-state index in [-0.39, 0.29) is 5.41 Å². The van der Waals surface area contributed by atoms with Crippen LogP contribution in [0, 0.1) is 0 Å². The third-order valence-corrected chi connectivity index (χ3v) is 5.60. The minimum absolute atomic E-state index is 0.178. The Kier molecular flexibility index (Phi) is 4.33. The van der Waals surface area contributed by atoms with Crippen molar-refractivity contribution in [2.75, 3.05) is 13.2 Å². The van der Waals surface area contributed by atoms with Crippen LogP contribution in [0.15, 0.2) is 30.3 Å². The summed E-state index contributed by atoms with van der Waals surface area (Å²) in [6.45, 7) is 1.48. The number of ether oxygens (including phenoxy) is 1. The van der Waals surface area contributed by atoms with Crippen molar-refractivity contribution in [3.05, 3.63) is 41.7 Å². The molecule has 0 spiro atoms. The van der Waals surface area contributed by atoms with Crippen LogP contribution in [-0.4, -0.2) is 39.5 Å². The summed E-state index contributed by atoms with van der Waals surface area (Å²) >= 11 is 0. The van der Waals surface area contributed by atoms with Gasteiger partial charge in [-0.15, -0.1) is 10.2 Å². The van der Waals surface area contributed by atoms with Crippen LogP contribution >= 0.6 is 0 Å². The van der Waals surface area contributed by atoms with Crippen LogP contribution in [0.1, 0.15) is 56.0 Å². The molecule has 2 N–H and O–H groups in total. The van der Waals surface area contributed by atoms with Crippen LogP contribution in [0.25, 0.3) is 0 Å². The van der Waals surface area contributed by atoms with Gasteiger partial charge in [-0.25, -0.2) is 0 Å². The molecule has 2 fully saturated rings. The summed E-state index contributed by atoms with van der Waals surface area (Å²) in [5, 5.41) is 13.7. The average Bonchev–Trinajstić information content (AvgIpc) is 3.14. The van der Waals surface area contributed by atoms with Gasteiger partial charge in [0.25, 0.3) is 0 Å². The second kappa shape index (κ2) is 6.61. The molecule has 2 aromatic rings. The quantitative estimate of drug-likeness (QED) is 0.935. The van der Waals surface area contributed by atoms with Gasteiger partial charge in [-0.2, -0.15) is 4.80 Å². The van der Waals surface area contributed by atoms with Crippen LogP contribution in [0.2, 0.25) is 0 Å². The van der Waals surface area contributed by atoms with E-state index in [4.69, 9.17) is 15.6 Å². The van der Waals surface area contributed by atoms with Gasteiger partial charge in [-0.3, -0.25) is 0 Å². The fourth-order valence-electron chi connectivity index (χ4n) is 4.02. The summed E-state index contributed by atoms with van der Waals surface area (Å²) in [4.78, 5) is 1.83. The van der Waals surface area contributed by atoms with E-state index < -0.39 is 0 Å². The van der Waals surface area contributed by atoms with Gasteiger partial charge in [0.05, 0.1) is 11.5 Å². The van der Waals surface area contributed by atoms with E-state index in [2.05, 4.69) is 34.6 Å². The number of benzene rings is 1. The van der Waals surface area contributed by atoms with Crippen LogP contribution < -0.4 is 5.73 Å². The first-order valence-corrected chi connectivity index (χ1v) is 8.97. The van der Waals surface area contributed by atoms with Crippen molar-refractivity contribution in [1.82, 2.24) is 20.2 Å². The summed E-state index contributed by atoms with van der Waals surface area (Å²) in [5.74, 6) is 0.840. The largest absolute Gasteiger partial charge is 0.381 e. The molecule has 1 aromatic heterocycles. The molecule has 0 radical (unpaired) electrons. The highest BCUT2D eigenvalue weighted by molar-refractivity contribution is 5.32. The maximum Gasteiger partial charge on any atom is 0.185 e. The van der Waals surface area contributed by atoms with Gasteiger partial charge in [0.2, 0.25) is 0 Å². The summed E-state index contributed by atoms with van der Waals surface area (Å²) < 4.78 is 5.61. The van der Waals surface area contributed by atoms with Crippen LogP contribution in [0.5, 0.6) is 0 Å². The molecule has 0 bridgehead atoms. The Morgan fingerprint density at radius 1 is 1.04 bits per heavy atom. The van der Waals surface area contributed by atoms with Crippen molar-refractivity contribution < 1.29 is 4.74 Å². The zero-order valence-corrected chi connectivity index (χ0v) is 14.0. The van der Waals surface area contributed by atoms with Crippen molar-refractivity contribution in [1.29, 1.82) is 0 Å². The molecule has 1 aliphatic carbocycles. The zero-order chi connectivity index (χ0) is 16.4. The Labute approximate surface area is 142 Å². The van der Waals surface area contributed by atoms with E-state index in [1.807, 2.05) is 10.9 Å². The number of nitrogens with zero attached hydrogens (tertiary/aromatic N) is 4. The first-order chi connectivity index (χ1) is 11.8. The Hall–Kier alpha value is -1.79. The molecule has 0 unspecified atom stereocenters. The van der Waals surface area contributed by atoms with Gasteiger partial charge in [0.15, 0.2) is 5.82 Å². The summed E-state index contributed by atoms with van der Waals surface area (Å²) in [5.41, 5.74) is 7.10. The lowest BCUT2D eigenvalue weighted by Crippen LogP contribution is -2.36. The number of aromatic nitrogens is 4. The van der Waals surface area contributed by atoms with Crippen molar-refractivity contribution >= 4 is 0 Å². The highest BCUT2D eigenvalue weighted by atomic mass is 16.5. The Morgan fingerprint density at radius 3 is 2.46 bits per heavy atom. The lowest BCUT2D eigenvalue weighted by atomic mass is 9.73. The second-order valence-electron chi connectivity index (χ2n) is 7.06. The monoisotopic (exact) mass is 327 g/mol. The molecule has 4 rings (SSSR count). The molecule has 0 amide bonds. The first kappa shape index (κ1) is 15.7. The number of nitrogens with two attached hydrogens (primary N) is 1. The van der Waals surface area contributed by atoms with Gasteiger partial charge in [0.1, 0.15) is 0 Å². The number of hydrogen-bond acceptors (Lipinski definition) is 5. The van der Waals surface area contributed by atoms with Gasteiger partial charge < -0.3 is 10.5 Å². The van der Waals surface area contributed by atoms with Gasteiger partial charge in [-0.1, -0.05) is 30.3 Å². The smallest absolute Gasteiger partial charge is 0.185 e. The number of rotatable bonds is 3. The predicted molar refractivity (Wildman–Crippen MR) is 90.6 cm³/mol. The lowest BCUT2D eigenvalue weighted by molar-refractivity contribution is 0.0602.